The second kappa shape index (κ2) is 5.46. The average Bonchev–Trinajstić information content (AvgIpc) is 2.87. The molecule has 1 aliphatic heterocycles. The Hall–Kier alpha value is -0.870. The molecular weight excluding hydrogens is 200 g/mol. The predicted molar refractivity (Wildman–Crippen MR) is 65.4 cm³/mol. The van der Waals surface area contributed by atoms with Crippen molar-refractivity contribution in [3.63, 3.8) is 0 Å². The zero-order valence-corrected chi connectivity index (χ0v) is 10.3. The first-order chi connectivity index (χ1) is 7.75. The number of hydrogen-bond donors (Lipinski definition) is 1. The van der Waals surface area contributed by atoms with Gasteiger partial charge in [-0.05, 0) is 26.4 Å². The Balaban J connectivity index is 1.71. The van der Waals surface area contributed by atoms with Crippen LogP contribution >= 0.6 is 0 Å². The first kappa shape index (κ1) is 11.6. The van der Waals surface area contributed by atoms with Crippen molar-refractivity contribution in [1.29, 1.82) is 0 Å². The lowest BCUT2D eigenvalue weighted by atomic mass is 10.2. The van der Waals surface area contributed by atoms with Crippen molar-refractivity contribution in [1.82, 2.24) is 19.8 Å². The predicted octanol–water partition coefficient (Wildman–Crippen LogP) is 0.646. The second-order valence-electron chi connectivity index (χ2n) is 4.76. The molecule has 0 aromatic carbocycles. The molecule has 2 rings (SSSR count). The van der Waals surface area contributed by atoms with Crippen molar-refractivity contribution in [3.05, 3.63) is 18.2 Å². The molecule has 0 radical (unpaired) electrons. The van der Waals surface area contributed by atoms with E-state index in [1.165, 1.54) is 25.2 Å². The lowest BCUT2D eigenvalue weighted by Crippen LogP contribution is -2.36. The van der Waals surface area contributed by atoms with E-state index in [4.69, 9.17) is 0 Å². The quantitative estimate of drug-likeness (QED) is 0.794. The summed E-state index contributed by atoms with van der Waals surface area (Å²) < 4.78 is 2.10. The number of rotatable bonds is 5. The van der Waals surface area contributed by atoms with Crippen molar-refractivity contribution in [2.75, 3.05) is 26.7 Å². The molecule has 0 saturated carbocycles. The normalized spacial score (nSPS) is 20.8. The van der Waals surface area contributed by atoms with Crippen LogP contribution in [0.2, 0.25) is 0 Å². The van der Waals surface area contributed by atoms with Crippen LogP contribution in [-0.2, 0) is 13.5 Å². The molecule has 1 saturated heterocycles. The number of nitrogens with zero attached hydrogens (tertiary/aromatic N) is 3. The standard InChI is InChI=1S/C12H22N4/c1-15(10-11-4-3-6-13-11)8-5-12-14-7-9-16(12)2/h7,9,11,13H,3-6,8,10H2,1-2H3. The monoisotopic (exact) mass is 222 g/mol. The lowest BCUT2D eigenvalue weighted by Gasteiger charge is -2.20. The Labute approximate surface area is 97.7 Å². The maximum absolute atomic E-state index is 4.34. The highest BCUT2D eigenvalue weighted by molar-refractivity contribution is 4.91. The molecule has 0 bridgehead atoms. The molecule has 1 unspecified atom stereocenters. The minimum absolute atomic E-state index is 0.700. The SMILES string of the molecule is CN(CCc1nccn1C)CC1CCCN1. The van der Waals surface area contributed by atoms with E-state index in [2.05, 4.69) is 33.9 Å². The van der Waals surface area contributed by atoms with Crippen LogP contribution in [0.3, 0.4) is 0 Å². The summed E-state index contributed by atoms with van der Waals surface area (Å²) in [5, 5.41) is 3.53. The molecule has 1 aliphatic rings. The molecule has 0 spiro atoms. The van der Waals surface area contributed by atoms with E-state index in [1.807, 2.05) is 12.4 Å². The third kappa shape index (κ3) is 3.06. The van der Waals surface area contributed by atoms with Gasteiger partial charge < -0.3 is 14.8 Å². The van der Waals surface area contributed by atoms with Gasteiger partial charge in [0.1, 0.15) is 5.82 Å². The topological polar surface area (TPSA) is 33.1 Å². The summed E-state index contributed by atoms with van der Waals surface area (Å²) in [6.07, 6.45) is 7.57. The van der Waals surface area contributed by atoms with Crippen LogP contribution in [0.1, 0.15) is 18.7 Å². The Bertz CT molecular complexity index is 315. The van der Waals surface area contributed by atoms with E-state index in [1.54, 1.807) is 0 Å². The van der Waals surface area contributed by atoms with Crippen molar-refractivity contribution >= 4 is 0 Å². The third-order valence-electron chi connectivity index (χ3n) is 3.33. The van der Waals surface area contributed by atoms with Crippen LogP contribution in [0.4, 0.5) is 0 Å². The fourth-order valence-corrected chi connectivity index (χ4v) is 2.31. The molecule has 2 heterocycles. The van der Waals surface area contributed by atoms with Gasteiger partial charge in [-0.3, -0.25) is 0 Å². The number of hydrogen-bond acceptors (Lipinski definition) is 3. The molecule has 1 aromatic rings. The van der Waals surface area contributed by atoms with Gasteiger partial charge in [0.2, 0.25) is 0 Å². The summed E-state index contributed by atoms with van der Waals surface area (Å²) >= 11 is 0. The Morgan fingerprint density at radius 2 is 2.50 bits per heavy atom. The van der Waals surface area contributed by atoms with Gasteiger partial charge in [-0.15, -0.1) is 0 Å². The summed E-state index contributed by atoms with van der Waals surface area (Å²) in [7, 11) is 4.25. The van der Waals surface area contributed by atoms with Crippen LogP contribution < -0.4 is 5.32 Å². The van der Waals surface area contributed by atoms with Gasteiger partial charge in [0.25, 0.3) is 0 Å². The first-order valence-electron chi connectivity index (χ1n) is 6.14. The molecule has 0 amide bonds. The smallest absolute Gasteiger partial charge is 0.109 e. The first-order valence-corrected chi connectivity index (χ1v) is 6.14. The Morgan fingerprint density at radius 1 is 1.62 bits per heavy atom. The van der Waals surface area contributed by atoms with Crippen LogP contribution in [0.5, 0.6) is 0 Å². The van der Waals surface area contributed by atoms with Gasteiger partial charge >= 0.3 is 0 Å². The van der Waals surface area contributed by atoms with Gasteiger partial charge in [-0.2, -0.15) is 0 Å². The van der Waals surface area contributed by atoms with E-state index in [0.717, 1.165) is 19.5 Å². The number of aromatic nitrogens is 2. The van der Waals surface area contributed by atoms with Gasteiger partial charge in [0.05, 0.1) is 0 Å². The van der Waals surface area contributed by atoms with Crippen LogP contribution in [-0.4, -0.2) is 47.2 Å². The van der Waals surface area contributed by atoms with Gasteiger partial charge in [-0.25, -0.2) is 4.98 Å². The molecule has 0 aliphatic carbocycles. The second-order valence-corrected chi connectivity index (χ2v) is 4.76. The highest BCUT2D eigenvalue weighted by Crippen LogP contribution is 2.06. The highest BCUT2D eigenvalue weighted by Gasteiger charge is 2.15. The number of likely N-dealkylation sites (N-methyl/N-ethyl adjacent to an activating group) is 1. The van der Waals surface area contributed by atoms with Crippen molar-refractivity contribution in [2.24, 2.45) is 7.05 Å². The minimum Gasteiger partial charge on any atom is -0.338 e. The molecule has 90 valence electrons. The van der Waals surface area contributed by atoms with E-state index in [9.17, 15) is 0 Å². The van der Waals surface area contributed by atoms with Crippen molar-refractivity contribution < 1.29 is 0 Å². The molecule has 4 nitrogen and oxygen atoms in total. The van der Waals surface area contributed by atoms with Gasteiger partial charge in [0, 0.05) is 45.0 Å². The number of aryl methyl sites for hydroxylation is 1. The lowest BCUT2D eigenvalue weighted by molar-refractivity contribution is 0.301. The average molecular weight is 222 g/mol. The molecule has 1 atom stereocenters. The van der Waals surface area contributed by atoms with Crippen LogP contribution in [0.25, 0.3) is 0 Å². The fourth-order valence-electron chi connectivity index (χ4n) is 2.31. The summed E-state index contributed by atoms with van der Waals surface area (Å²) in [6, 6.07) is 0.700. The zero-order chi connectivity index (χ0) is 11.4. The van der Waals surface area contributed by atoms with Crippen molar-refractivity contribution in [3.8, 4) is 0 Å². The fraction of sp³-hybridized carbons (Fsp3) is 0.750. The Kier molecular flexibility index (Phi) is 3.96. The van der Waals surface area contributed by atoms with E-state index in [0.29, 0.717) is 6.04 Å². The third-order valence-corrected chi connectivity index (χ3v) is 3.33. The Morgan fingerprint density at radius 3 is 3.12 bits per heavy atom. The summed E-state index contributed by atoms with van der Waals surface area (Å²) in [5.41, 5.74) is 0. The van der Waals surface area contributed by atoms with E-state index < -0.39 is 0 Å². The molecule has 16 heavy (non-hydrogen) atoms. The summed E-state index contributed by atoms with van der Waals surface area (Å²) in [5.74, 6) is 1.17. The summed E-state index contributed by atoms with van der Waals surface area (Å²) in [4.78, 5) is 6.74. The van der Waals surface area contributed by atoms with Crippen LogP contribution in [0, 0.1) is 0 Å². The van der Waals surface area contributed by atoms with Gasteiger partial charge in [-0.1, -0.05) is 0 Å². The van der Waals surface area contributed by atoms with E-state index >= 15 is 0 Å². The van der Waals surface area contributed by atoms with E-state index in [-0.39, 0.29) is 0 Å². The molecule has 1 fully saturated rings. The molecule has 4 heteroatoms. The van der Waals surface area contributed by atoms with Gasteiger partial charge in [0.15, 0.2) is 0 Å². The molecular formula is C12H22N4. The molecule has 1 N–H and O–H groups in total. The highest BCUT2D eigenvalue weighted by atomic mass is 15.1. The largest absolute Gasteiger partial charge is 0.338 e. The van der Waals surface area contributed by atoms with Crippen molar-refractivity contribution in [2.45, 2.75) is 25.3 Å². The minimum atomic E-state index is 0.700. The zero-order valence-electron chi connectivity index (χ0n) is 10.3. The number of imidazole rings is 1. The summed E-state index contributed by atoms with van der Waals surface area (Å²) in [6.45, 7) is 3.44. The number of nitrogens with one attached hydrogen (secondary N) is 1. The maximum atomic E-state index is 4.34. The van der Waals surface area contributed by atoms with Crippen LogP contribution in [0.15, 0.2) is 12.4 Å². The molecule has 1 aromatic heterocycles. The maximum Gasteiger partial charge on any atom is 0.109 e.